The number of hydrogen-bond donors (Lipinski definition) is 2. The summed E-state index contributed by atoms with van der Waals surface area (Å²) in [7, 11) is 0. The first-order chi connectivity index (χ1) is 8.91. The molecular weight excluding hydrogens is 264 g/mol. The molecule has 0 amide bonds. The number of carbonyl (C=O) groups is 1. The van der Waals surface area contributed by atoms with Crippen LogP contribution in [0.15, 0.2) is 29.2 Å². The lowest BCUT2D eigenvalue weighted by Crippen LogP contribution is -2.26. The number of carboxylic acid groups (broad SMARTS) is 1. The molecule has 1 heterocycles. The molecule has 19 heavy (non-hydrogen) atoms. The highest BCUT2D eigenvalue weighted by atomic mass is 32.1. The Balaban J connectivity index is 2.78. The number of nitrogens with one attached hydrogen (secondary N) is 1. The number of rotatable bonds is 2. The van der Waals surface area contributed by atoms with Gasteiger partial charge in [0.1, 0.15) is 5.56 Å². The van der Waals surface area contributed by atoms with Gasteiger partial charge in [-0.15, -0.1) is 0 Å². The van der Waals surface area contributed by atoms with E-state index in [-0.39, 0.29) is 10.3 Å². The molecule has 0 aliphatic heterocycles. The van der Waals surface area contributed by atoms with Gasteiger partial charge in [0.2, 0.25) is 0 Å². The van der Waals surface area contributed by atoms with E-state index in [2.05, 4.69) is 4.98 Å². The molecule has 6 heteroatoms. The monoisotopic (exact) mass is 276 g/mol. The maximum absolute atomic E-state index is 12.1. The number of H-pyrrole nitrogens is 1. The van der Waals surface area contributed by atoms with Crippen molar-refractivity contribution in [3.63, 3.8) is 0 Å². The minimum atomic E-state index is -1.28. The summed E-state index contributed by atoms with van der Waals surface area (Å²) >= 11 is 5.06. The second kappa shape index (κ2) is 4.81. The summed E-state index contributed by atoms with van der Waals surface area (Å²) in [6, 6.07) is 5.39. The zero-order valence-electron chi connectivity index (χ0n) is 10.4. The number of aryl methyl sites for hydroxylation is 2. The van der Waals surface area contributed by atoms with Gasteiger partial charge in [-0.1, -0.05) is 6.07 Å². The van der Waals surface area contributed by atoms with Gasteiger partial charge in [0, 0.05) is 6.20 Å². The van der Waals surface area contributed by atoms with E-state index in [1.54, 1.807) is 12.1 Å². The molecule has 0 unspecified atom stereocenters. The fourth-order valence-corrected chi connectivity index (χ4v) is 1.97. The van der Waals surface area contributed by atoms with Crippen molar-refractivity contribution in [3.8, 4) is 5.69 Å². The molecule has 0 atom stereocenters. The zero-order chi connectivity index (χ0) is 14.2. The summed E-state index contributed by atoms with van der Waals surface area (Å²) in [4.78, 5) is 25.7. The van der Waals surface area contributed by atoms with Crippen LogP contribution in [0.3, 0.4) is 0 Å². The van der Waals surface area contributed by atoms with Crippen LogP contribution >= 0.6 is 12.2 Å². The van der Waals surface area contributed by atoms with E-state index in [1.165, 1.54) is 4.57 Å². The van der Waals surface area contributed by atoms with Crippen LogP contribution in [0.5, 0.6) is 0 Å². The summed E-state index contributed by atoms with van der Waals surface area (Å²) in [5, 5.41) is 8.96. The predicted octanol–water partition coefficient (Wildman–Crippen LogP) is 2.21. The summed E-state index contributed by atoms with van der Waals surface area (Å²) < 4.78 is 1.35. The first-order valence-corrected chi connectivity index (χ1v) is 5.98. The molecule has 1 aromatic carbocycles. The topological polar surface area (TPSA) is 75.1 Å². The van der Waals surface area contributed by atoms with E-state index in [4.69, 9.17) is 17.3 Å². The minimum Gasteiger partial charge on any atom is -0.477 e. The van der Waals surface area contributed by atoms with E-state index in [1.807, 2.05) is 19.9 Å². The highest BCUT2D eigenvalue weighted by molar-refractivity contribution is 7.71. The molecule has 0 fully saturated rings. The lowest BCUT2D eigenvalue weighted by atomic mass is 10.1. The normalized spacial score (nSPS) is 10.4. The third-order valence-electron chi connectivity index (χ3n) is 2.96. The number of aromatic amines is 1. The quantitative estimate of drug-likeness (QED) is 0.825. The van der Waals surface area contributed by atoms with Crippen molar-refractivity contribution in [2.75, 3.05) is 0 Å². The number of nitrogens with zero attached hydrogens (tertiary/aromatic N) is 1. The first kappa shape index (κ1) is 13.2. The van der Waals surface area contributed by atoms with E-state index in [9.17, 15) is 9.59 Å². The Labute approximate surface area is 114 Å². The van der Waals surface area contributed by atoms with Crippen molar-refractivity contribution < 1.29 is 9.90 Å². The highest BCUT2D eigenvalue weighted by Gasteiger charge is 2.13. The third-order valence-corrected chi connectivity index (χ3v) is 3.26. The molecule has 0 aliphatic carbocycles. The molecule has 0 saturated heterocycles. The van der Waals surface area contributed by atoms with Crippen molar-refractivity contribution in [3.05, 3.63) is 56.2 Å². The van der Waals surface area contributed by atoms with Gasteiger partial charge in [-0.05, 0) is 49.3 Å². The summed E-state index contributed by atoms with van der Waals surface area (Å²) in [6.45, 7) is 3.87. The van der Waals surface area contributed by atoms with Crippen LogP contribution in [0.4, 0.5) is 0 Å². The molecule has 2 N–H and O–H groups in total. The molecule has 0 bridgehead atoms. The van der Waals surface area contributed by atoms with Gasteiger partial charge in [-0.25, -0.2) is 4.79 Å². The maximum Gasteiger partial charge on any atom is 0.342 e. The Morgan fingerprint density at radius 1 is 1.32 bits per heavy atom. The lowest BCUT2D eigenvalue weighted by molar-refractivity contribution is 0.0694. The molecule has 2 rings (SSSR count). The Bertz CT molecular complexity index is 774. The minimum absolute atomic E-state index is 0.165. The predicted molar refractivity (Wildman–Crippen MR) is 73.7 cm³/mol. The Morgan fingerprint density at radius 3 is 2.58 bits per heavy atom. The lowest BCUT2D eigenvalue weighted by Gasteiger charge is -2.09. The van der Waals surface area contributed by atoms with E-state index < -0.39 is 11.5 Å². The van der Waals surface area contributed by atoms with Crippen LogP contribution in [0.25, 0.3) is 5.69 Å². The largest absolute Gasteiger partial charge is 0.477 e. The third kappa shape index (κ3) is 2.34. The van der Waals surface area contributed by atoms with Crippen molar-refractivity contribution in [1.82, 2.24) is 9.55 Å². The number of carboxylic acids is 1. The van der Waals surface area contributed by atoms with Gasteiger partial charge in [0.05, 0.1) is 5.69 Å². The Morgan fingerprint density at radius 2 is 2.00 bits per heavy atom. The average Bonchev–Trinajstić information content (AvgIpc) is 2.33. The van der Waals surface area contributed by atoms with Gasteiger partial charge < -0.3 is 10.1 Å². The molecule has 1 aromatic heterocycles. The number of aromatic carboxylic acids is 1. The molecule has 0 saturated carbocycles. The fourth-order valence-electron chi connectivity index (χ4n) is 1.73. The molecule has 0 aliphatic rings. The Hall–Kier alpha value is -2.21. The Kier molecular flexibility index (Phi) is 3.35. The van der Waals surface area contributed by atoms with Crippen LogP contribution in [0.2, 0.25) is 0 Å². The van der Waals surface area contributed by atoms with Gasteiger partial charge in [-0.3, -0.25) is 9.36 Å². The van der Waals surface area contributed by atoms with Crippen LogP contribution in [0, 0.1) is 18.6 Å². The molecule has 98 valence electrons. The van der Waals surface area contributed by atoms with Crippen molar-refractivity contribution in [1.29, 1.82) is 0 Å². The van der Waals surface area contributed by atoms with Crippen LogP contribution in [-0.2, 0) is 0 Å². The van der Waals surface area contributed by atoms with Crippen LogP contribution in [-0.4, -0.2) is 20.6 Å². The van der Waals surface area contributed by atoms with Gasteiger partial charge >= 0.3 is 5.97 Å². The zero-order valence-corrected chi connectivity index (χ0v) is 11.2. The van der Waals surface area contributed by atoms with Crippen molar-refractivity contribution in [2.45, 2.75) is 13.8 Å². The molecular formula is C13H12N2O3S. The van der Waals surface area contributed by atoms with Crippen LogP contribution in [0.1, 0.15) is 21.5 Å². The van der Waals surface area contributed by atoms with E-state index in [0.29, 0.717) is 5.69 Å². The van der Waals surface area contributed by atoms with Crippen LogP contribution < -0.4 is 5.56 Å². The van der Waals surface area contributed by atoms with Crippen molar-refractivity contribution >= 4 is 18.2 Å². The number of aromatic nitrogens is 2. The molecule has 2 aromatic rings. The van der Waals surface area contributed by atoms with Gasteiger partial charge in [0.25, 0.3) is 5.56 Å². The van der Waals surface area contributed by atoms with Gasteiger partial charge in [-0.2, -0.15) is 0 Å². The number of hydrogen-bond acceptors (Lipinski definition) is 3. The second-order valence-corrected chi connectivity index (χ2v) is 4.61. The number of benzene rings is 1. The van der Waals surface area contributed by atoms with E-state index in [0.717, 1.165) is 17.3 Å². The van der Waals surface area contributed by atoms with E-state index >= 15 is 0 Å². The molecule has 5 nitrogen and oxygen atoms in total. The smallest absolute Gasteiger partial charge is 0.342 e. The fraction of sp³-hybridized carbons (Fsp3) is 0.154. The van der Waals surface area contributed by atoms with Crippen molar-refractivity contribution in [2.24, 2.45) is 0 Å². The SMILES string of the molecule is Cc1ccc(-n2c(=S)[nH]cc(C(=O)O)c2=O)cc1C. The summed E-state index contributed by atoms with van der Waals surface area (Å²) in [6.07, 6.45) is 1.12. The molecule has 0 radical (unpaired) electrons. The molecule has 0 spiro atoms. The maximum atomic E-state index is 12.1. The average molecular weight is 276 g/mol. The second-order valence-electron chi connectivity index (χ2n) is 4.22. The van der Waals surface area contributed by atoms with Gasteiger partial charge in [0.15, 0.2) is 4.77 Å². The first-order valence-electron chi connectivity index (χ1n) is 5.57. The summed E-state index contributed by atoms with van der Waals surface area (Å²) in [5.41, 5.74) is 1.66. The standard InChI is InChI=1S/C13H12N2O3S/c1-7-3-4-9(5-8(7)2)15-11(16)10(12(17)18)6-14-13(15)19/h3-6H,1-2H3,(H,14,19)(H,17,18). The summed E-state index contributed by atoms with van der Waals surface area (Å²) in [5.74, 6) is -1.28. The highest BCUT2D eigenvalue weighted by Crippen LogP contribution is 2.13.